The van der Waals surface area contributed by atoms with Gasteiger partial charge < -0.3 is 4.74 Å². The van der Waals surface area contributed by atoms with Crippen molar-refractivity contribution < 1.29 is 8.95 Å². The first-order valence-electron chi connectivity index (χ1n) is 5.95. The quantitative estimate of drug-likeness (QED) is 0.839. The van der Waals surface area contributed by atoms with Crippen molar-refractivity contribution in [1.82, 2.24) is 0 Å². The molecule has 2 aromatic rings. The second-order valence-electron chi connectivity index (χ2n) is 4.21. The van der Waals surface area contributed by atoms with Gasteiger partial charge in [-0.25, -0.2) is 0 Å². The zero-order valence-electron chi connectivity index (χ0n) is 11.1. The van der Waals surface area contributed by atoms with Crippen LogP contribution >= 0.6 is 23.2 Å². The molecule has 0 fully saturated rings. The average molecular weight is 340 g/mol. The van der Waals surface area contributed by atoms with Gasteiger partial charge in [-0.05, 0) is 35.9 Å². The Hall–Kier alpha value is -1.54. The molecule has 0 spiro atoms. The maximum absolute atomic E-state index is 12.3. The van der Waals surface area contributed by atoms with Crippen LogP contribution in [0.3, 0.4) is 0 Å². The molecule has 3 nitrogen and oxygen atoms in total. The van der Waals surface area contributed by atoms with E-state index in [2.05, 4.69) is 6.07 Å². The summed E-state index contributed by atoms with van der Waals surface area (Å²) in [4.78, 5) is 0.596. The topological polar surface area (TPSA) is 50.1 Å². The van der Waals surface area contributed by atoms with Crippen LogP contribution in [0.5, 0.6) is 5.75 Å². The molecule has 0 saturated carbocycles. The summed E-state index contributed by atoms with van der Waals surface area (Å²) in [7, 11) is 0.239. The number of hydrogen-bond acceptors (Lipinski definition) is 3. The molecule has 0 aliphatic heterocycles. The molecule has 21 heavy (non-hydrogen) atoms. The molecule has 0 aliphatic rings. The van der Waals surface area contributed by atoms with Gasteiger partial charge in [0, 0.05) is 4.90 Å². The van der Waals surface area contributed by atoms with E-state index >= 15 is 0 Å². The number of rotatable bonds is 4. The minimum atomic E-state index is -1.27. The molecule has 0 heterocycles. The van der Waals surface area contributed by atoms with E-state index in [9.17, 15) is 4.21 Å². The number of methoxy groups -OCH3 is 1. The second-order valence-corrected chi connectivity index (χ2v) is 6.48. The summed E-state index contributed by atoms with van der Waals surface area (Å²) >= 11 is 11.8. The third-order valence-corrected chi connectivity index (χ3v) is 4.95. The molecule has 1 atom stereocenters. The number of nitrogens with zero attached hydrogens (tertiary/aromatic N) is 1. The predicted octanol–water partition coefficient (Wildman–Crippen LogP) is 4.18. The van der Waals surface area contributed by atoms with E-state index in [4.69, 9.17) is 33.2 Å². The van der Waals surface area contributed by atoms with E-state index in [1.807, 2.05) is 0 Å². The van der Waals surface area contributed by atoms with E-state index in [0.29, 0.717) is 26.3 Å². The number of benzene rings is 2. The fourth-order valence-electron chi connectivity index (χ4n) is 1.79. The fraction of sp³-hybridized carbons (Fsp3) is 0.133. The smallest absolute Gasteiger partial charge is 0.136 e. The molecule has 1 unspecified atom stereocenters. The lowest BCUT2D eigenvalue weighted by Crippen LogP contribution is -1.98. The van der Waals surface area contributed by atoms with Gasteiger partial charge in [-0.2, -0.15) is 5.26 Å². The summed E-state index contributed by atoms with van der Waals surface area (Å²) in [6.07, 6.45) is 0. The highest BCUT2D eigenvalue weighted by atomic mass is 35.5. The highest BCUT2D eigenvalue weighted by Crippen LogP contribution is 2.26. The predicted molar refractivity (Wildman–Crippen MR) is 84.3 cm³/mol. The molecule has 2 aromatic carbocycles. The standard InChI is InChI=1S/C15H11Cl2NO2S/c1-20-15-5-2-10(6-11(15)8-18)9-21(19)12-3-4-13(16)14(17)7-12/h2-7H,9H2,1H3. The molecule has 6 heteroatoms. The van der Waals surface area contributed by atoms with Crippen LogP contribution in [0, 0.1) is 11.3 Å². The van der Waals surface area contributed by atoms with E-state index in [-0.39, 0.29) is 5.75 Å². The molecule has 0 bridgehead atoms. The van der Waals surface area contributed by atoms with Gasteiger partial charge in [-0.1, -0.05) is 29.3 Å². The summed E-state index contributed by atoms with van der Waals surface area (Å²) in [5.41, 5.74) is 1.21. The van der Waals surface area contributed by atoms with E-state index in [1.165, 1.54) is 7.11 Å². The maximum atomic E-state index is 12.3. The molecule has 2 rings (SSSR count). The van der Waals surface area contributed by atoms with Crippen molar-refractivity contribution in [2.75, 3.05) is 7.11 Å². The van der Waals surface area contributed by atoms with Crippen molar-refractivity contribution in [3.05, 3.63) is 57.6 Å². The van der Waals surface area contributed by atoms with Crippen molar-refractivity contribution in [1.29, 1.82) is 5.26 Å². The van der Waals surface area contributed by atoms with Crippen LogP contribution in [0.25, 0.3) is 0 Å². The SMILES string of the molecule is COc1ccc(CS(=O)c2ccc(Cl)c(Cl)c2)cc1C#N. The molecule has 0 radical (unpaired) electrons. The van der Waals surface area contributed by atoms with Gasteiger partial charge in [-0.3, -0.25) is 4.21 Å². The van der Waals surface area contributed by atoms with Crippen molar-refractivity contribution in [2.45, 2.75) is 10.6 Å². The first-order chi connectivity index (χ1) is 10.0. The Morgan fingerprint density at radius 2 is 1.95 bits per heavy atom. The Morgan fingerprint density at radius 1 is 1.19 bits per heavy atom. The van der Waals surface area contributed by atoms with Crippen molar-refractivity contribution in [2.24, 2.45) is 0 Å². The molecule has 0 saturated heterocycles. The van der Waals surface area contributed by atoms with Gasteiger partial charge in [0.1, 0.15) is 11.8 Å². The van der Waals surface area contributed by atoms with E-state index < -0.39 is 10.8 Å². The lowest BCUT2D eigenvalue weighted by Gasteiger charge is -2.07. The first kappa shape index (κ1) is 15.8. The Kier molecular flexibility index (Phi) is 5.24. The molecule has 0 N–H and O–H groups in total. The van der Waals surface area contributed by atoms with E-state index in [1.54, 1.807) is 36.4 Å². The monoisotopic (exact) mass is 339 g/mol. The highest BCUT2D eigenvalue weighted by Gasteiger charge is 2.10. The Morgan fingerprint density at radius 3 is 2.57 bits per heavy atom. The van der Waals surface area contributed by atoms with E-state index in [0.717, 1.165) is 5.56 Å². The Bertz CT molecular complexity index is 741. The van der Waals surface area contributed by atoms with Gasteiger partial charge in [0.25, 0.3) is 0 Å². The van der Waals surface area contributed by atoms with Crippen LogP contribution < -0.4 is 4.74 Å². The molecule has 108 valence electrons. The zero-order chi connectivity index (χ0) is 15.4. The Labute approximate surface area is 135 Å². The first-order valence-corrected chi connectivity index (χ1v) is 8.03. The number of hydrogen-bond donors (Lipinski definition) is 0. The molecular formula is C15H11Cl2NO2S. The van der Waals surface area contributed by atoms with Gasteiger partial charge in [0.15, 0.2) is 0 Å². The minimum Gasteiger partial charge on any atom is -0.495 e. The summed E-state index contributed by atoms with van der Waals surface area (Å²) in [5, 5.41) is 9.85. The van der Waals surface area contributed by atoms with Crippen LogP contribution in [0.1, 0.15) is 11.1 Å². The third kappa shape index (κ3) is 3.76. The number of ether oxygens (including phenoxy) is 1. The third-order valence-electron chi connectivity index (χ3n) is 2.84. The van der Waals surface area contributed by atoms with Crippen molar-refractivity contribution >= 4 is 34.0 Å². The zero-order valence-corrected chi connectivity index (χ0v) is 13.4. The van der Waals surface area contributed by atoms with Crippen molar-refractivity contribution in [3.63, 3.8) is 0 Å². The molecular weight excluding hydrogens is 329 g/mol. The van der Waals surface area contributed by atoms with Crippen LogP contribution in [-0.4, -0.2) is 11.3 Å². The van der Waals surface area contributed by atoms with Crippen LogP contribution in [0.2, 0.25) is 10.0 Å². The van der Waals surface area contributed by atoms with Crippen LogP contribution in [-0.2, 0) is 16.6 Å². The number of halogens is 2. The van der Waals surface area contributed by atoms with Crippen LogP contribution in [0.4, 0.5) is 0 Å². The lowest BCUT2D eigenvalue weighted by molar-refractivity contribution is 0.413. The highest BCUT2D eigenvalue weighted by molar-refractivity contribution is 7.84. The summed E-state index contributed by atoms with van der Waals surface area (Å²) in [6.45, 7) is 0. The molecule has 0 aliphatic carbocycles. The van der Waals surface area contributed by atoms with Gasteiger partial charge in [0.05, 0.1) is 39.3 Å². The maximum Gasteiger partial charge on any atom is 0.136 e. The van der Waals surface area contributed by atoms with Gasteiger partial charge in [-0.15, -0.1) is 0 Å². The fourth-order valence-corrected chi connectivity index (χ4v) is 3.27. The average Bonchev–Trinajstić information content (AvgIpc) is 2.49. The van der Waals surface area contributed by atoms with Gasteiger partial charge in [0.2, 0.25) is 0 Å². The number of nitriles is 1. The van der Waals surface area contributed by atoms with Gasteiger partial charge >= 0.3 is 0 Å². The summed E-state index contributed by atoms with van der Waals surface area (Å²) in [5.74, 6) is 0.790. The van der Waals surface area contributed by atoms with Crippen LogP contribution in [0.15, 0.2) is 41.3 Å². The largest absolute Gasteiger partial charge is 0.495 e. The normalized spacial score (nSPS) is 11.7. The molecule has 0 amide bonds. The Balaban J connectivity index is 2.23. The van der Waals surface area contributed by atoms with Crippen molar-refractivity contribution in [3.8, 4) is 11.8 Å². The lowest BCUT2D eigenvalue weighted by atomic mass is 10.1. The summed E-state index contributed by atoms with van der Waals surface area (Å²) in [6, 6.07) is 12.1. The molecule has 0 aromatic heterocycles. The minimum absolute atomic E-state index is 0.288. The second kappa shape index (κ2) is 6.95. The summed E-state index contributed by atoms with van der Waals surface area (Å²) < 4.78 is 17.4.